The van der Waals surface area contributed by atoms with Crippen LogP contribution in [-0.4, -0.2) is 17.4 Å². The van der Waals surface area contributed by atoms with Gasteiger partial charge in [0.05, 0.1) is 17.0 Å². The number of hydrogen-bond acceptors (Lipinski definition) is 3. The molecule has 0 radical (unpaired) electrons. The van der Waals surface area contributed by atoms with Crippen molar-refractivity contribution < 1.29 is 9.21 Å². The van der Waals surface area contributed by atoms with E-state index in [0.717, 1.165) is 11.1 Å². The van der Waals surface area contributed by atoms with Crippen molar-refractivity contribution >= 4 is 28.5 Å². The van der Waals surface area contributed by atoms with E-state index in [4.69, 9.17) is 16.0 Å². The minimum absolute atomic E-state index is 0.131. The van der Waals surface area contributed by atoms with E-state index < -0.39 is 6.04 Å². The SMILES string of the molecule is O=C1c2oc3ccccc3c(=O)c2[C@H](c2ccc(Cl)cc2)N1CCc1ccccc1. The molecule has 1 amide bonds. The maximum Gasteiger partial charge on any atom is 0.290 e. The van der Waals surface area contributed by atoms with Gasteiger partial charge in [0.25, 0.3) is 5.91 Å². The second-order valence-corrected chi connectivity index (χ2v) is 7.79. The molecule has 0 saturated heterocycles. The van der Waals surface area contributed by atoms with Crippen molar-refractivity contribution in [2.75, 3.05) is 6.54 Å². The zero-order valence-electron chi connectivity index (χ0n) is 16.0. The fourth-order valence-electron chi connectivity index (χ4n) is 4.08. The molecule has 4 nitrogen and oxygen atoms in total. The van der Waals surface area contributed by atoms with Crippen LogP contribution in [0.25, 0.3) is 11.0 Å². The van der Waals surface area contributed by atoms with Crippen molar-refractivity contribution in [3.63, 3.8) is 0 Å². The lowest BCUT2D eigenvalue weighted by atomic mass is 9.98. The molecule has 1 atom stereocenters. The maximum atomic E-state index is 13.4. The van der Waals surface area contributed by atoms with E-state index in [0.29, 0.717) is 34.5 Å². The molecule has 1 aliphatic heterocycles. The van der Waals surface area contributed by atoms with Crippen molar-refractivity contribution in [1.82, 2.24) is 4.90 Å². The van der Waals surface area contributed by atoms with Gasteiger partial charge in [-0.2, -0.15) is 0 Å². The lowest BCUT2D eigenvalue weighted by Crippen LogP contribution is -2.31. The number of fused-ring (bicyclic) bond motifs is 2. The molecule has 0 unspecified atom stereocenters. The third-order valence-electron chi connectivity index (χ3n) is 5.54. The van der Waals surface area contributed by atoms with E-state index in [2.05, 4.69) is 0 Å². The number of para-hydroxylation sites is 1. The molecule has 0 N–H and O–H groups in total. The Labute approximate surface area is 178 Å². The molecule has 0 aliphatic carbocycles. The molecule has 0 fully saturated rings. The lowest BCUT2D eigenvalue weighted by molar-refractivity contribution is 0.0730. The Morgan fingerprint density at radius 3 is 2.33 bits per heavy atom. The first-order valence-corrected chi connectivity index (χ1v) is 10.2. The summed E-state index contributed by atoms with van der Waals surface area (Å²) >= 11 is 6.07. The van der Waals surface area contributed by atoms with E-state index in [1.807, 2.05) is 42.5 Å². The van der Waals surface area contributed by atoms with E-state index in [9.17, 15) is 9.59 Å². The largest absolute Gasteiger partial charge is 0.450 e. The van der Waals surface area contributed by atoms with Crippen LogP contribution >= 0.6 is 11.6 Å². The molecule has 0 spiro atoms. The van der Waals surface area contributed by atoms with Gasteiger partial charge in [0.1, 0.15) is 5.58 Å². The molecule has 2 heterocycles. The number of amides is 1. The molecular weight excluding hydrogens is 398 g/mol. The van der Waals surface area contributed by atoms with Crippen molar-refractivity contribution in [3.8, 4) is 0 Å². The second kappa shape index (κ2) is 7.47. The summed E-state index contributed by atoms with van der Waals surface area (Å²) in [6, 6.07) is 23.8. The Morgan fingerprint density at radius 1 is 0.867 bits per heavy atom. The highest BCUT2D eigenvalue weighted by Gasteiger charge is 2.42. The predicted octanol–water partition coefficient (Wildman–Crippen LogP) is 5.23. The van der Waals surface area contributed by atoms with Crippen molar-refractivity contribution in [2.24, 2.45) is 0 Å². The van der Waals surface area contributed by atoms with Gasteiger partial charge in [-0.1, -0.05) is 66.2 Å². The molecule has 5 heteroatoms. The second-order valence-electron chi connectivity index (χ2n) is 7.36. The average molecular weight is 416 g/mol. The number of hydrogen-bond donors (Lipinski definition) is 0. The molecule has 30 heavy (non-hydrogen) atoms. The van der Waals surface area contributed by atoms with Gasteiger partial charge in [0.15, 0.2) is 5.43 Å². The smallest absolute Gasteiger partial charge is 0.290 e. The number of carbonyl (C=O) groups is 1. The predicted molar refractivity (Wildman–Crippen MR) is 117 cm³/mol. The first kappa shape index (κ1) is 18.6. The number of halogens is 1. The highest BCUT2D eigenvalue weighted by molar-refractivity contribution is 6.30. The zero-order chi connectivity index (χ0) is 20.7. The topological polar surface area (TPSA) is 50.5 Å². The molecule has 1 aliphatic rings. The molecule has 0 saturated carbocycles. The third-order valence-corrected chi connectivity index (χ3v) is 5.80. The first-order valence-electron chi connectivity index (χ1n) is 9.79. The van der Waals surface area contributed by atoms with Crippen LogP contribution < -0.4 is 5.43 Å². The Morgan fingerprint density at radius 2 is 1.57 bits per heavy atom. The summed E-state index contributed by atoms with van der Waals surface area (Å²) in [5, 5.41) is 1.08. The Bertz CT molecular complexity index is 1300. The van der Waals surface area contributed by atoms with Gasteiger partial charge in [-0.15, -0.1) is 0 Å². The highest BCUT2D eigenvalue weighted by atomic mass is 35.5. The Kier molecular flexibility index (Phi) is 4.64. The fourth-order valence-corrected chi connectivity index (χ4v) is 4.21. The number of nitrogens with zero attached hydrogens (tertiary/aromatic N) is 1. The summed E-state index contributed by atoms with van der Waals surface area (Å²) < 4.78 is 5.94. The van der Waals surface area contributed by atoms with Crippen LogP contribution in [0.4, 0.5) is 0 Å². The zero-order valence-corrected chi connectivity index (χ0v) is 16.8. The van der Waals surface area contributed by atoms with Crippen molar-refractivity contribution in [3.05, 3.63) is 117 Å². The summed E-state index contributed by atoms with van der Waals surface area (Å²) in [4.78, 5) is 28.4. The average Bonchev–Trinajstić information content (AvgIpc) is 3.06. The molecule has 4 aromatic rings. The van der Waals surface area contributed by atoms with Crippen molar-refractivity contribution in [1.29, 1.82) is 0 Å². The number of rotatable bonds is 4. The minimum atomic E-state index is -0.505. The van der Waals surface area contributed by atoms with Gasteiger partial charge < -0.3 is 9.32 Å². The number of carbonyl (C=O) groups excluding carboxylic acids is 1. The molecular formula is C25H18ClNO3. The van der Waals surface area contributed by atoms with Crippen LogP contribution in [0.2, 0.25) is 5.02 Å². The Balaban J connectivity index is 1.64. The van der Waals surface area contributed by atoms with E-state index in [1.54, 1.807) is 41.3 Å². The molecule has 3 aromatic carbocycles. The third kappa shape index (κ3) is 3.10. The summed E-state index contributed by atoms with van der Waals surface area (Å²) in [6.07, 6.45) is 0.679. The van der Waals surface area contributed by atoms with Crippen LogP contribution in [0.1, 0.15) is 33.3 Å². The summed E-state index contributed by atoms with van der Waals surface area (Å²) in [7, 11) is 0. The van der Waals surface area contributed by atoms with Crippen molar-refractivity contribution in [2.45, 2.75) is 12.5 Å². The molecule has 1 aromatic heterocycles. The fraction of sp³-hybridized carbons (Fsp3) is 0.120. The standard InChI is InChI=1S/C25H18ClNO3/c26-18-12-10-17(11-13-18)22-21-23(28)19-8-4-5-9-20(19)30-24(21)25(29)27(22)15-14-16-6-2-1-3-7-16/h1-13,22H,14-15H2/t22-/m0/s1. The quantitative estimate of drug-likeness (QED) is 0.458. The first-order chi connectivity index (χ1) is 14.6. The molecule has 0 bridgehead atoms. The van der Waals surface area contributed by atoms with Crippen LogP contribution in [0.5, 0.6) is 0 Å². The Hall–Kier alpha value is -3.37. The van der Waals surface area contributed by atoms with Gasteiger partial charge in [-0.05, 0) is 41.8 Å². The summed E-state index contributed by atoms with van der Waals surface area (Å²) in [5.74, 6) is -0.129. The van der Waals surface area contributed by atoms with Crippen LogP contribution in [0, 0.1) is 0 Å². The van der Waals surface area contributed by atoms with E-state index in [-0.39, 0.29) is 17.1 Å². The van der Waals surface area contributed by atoms with E-state index in [1.165, 1.54) is 0 Å². The summed E-state index contributed by atoms with van der Waals surface area (Å²) in [6.45, 7) is 0.468. The lowest BCUT2D eigenvalue weighted by Gasteiger charge is -2.25. The summed E-state index contributed by atoms with van der Waals surface area (Å²) in [5.41, 5.74) is 2.62. The normalized spacial score (nSPS) is 15.6. The van der Waals surface area contributed by atoms with Crippen LogP contribution in [0.15, 0.2) is 88.1 Å². The van der Waals surface area contributed by atoms with Gasteiger partial charge >= 0.3 is 0 Å². The van der Waals surface area contributed by atoms with Gasteiger partial charge in [0, 0.05) is 11.6 Å². The molecule has 5 rings (SSSR count). The maximum absolute atomic E-state index is 13.4. The minimum Gasteiger partial charge on any atom is -0.450 e. The van der Waals surface area contributed by atoms with E-state index >= 15 is 0 Å². The van der Waals surface area contributed by atoms with Crippen LogP contribution in [-0.2, 0) is 6.42 Å². The highest BCUT2D eigenvalue weighted by Crippen LogP contribution is 2.38. The van der Waals surface area contributed by atoms with Gasteiger partial charge in [0.2, 0.25) is 5.76 Å². The monoisotopic (exact) mass is 415 g/mol. The van der Waals surface area contributed by atoms with Crippen LogP contribution in [0.3, 0.4) is 0 Å². The number of benzene rings is 3. The molecule has 148 valence electrons. The van der Waals surface area contributed by atoms with Gasteiger partial charge in [-0.3, -0.25) is 9.59 Å². The van der Waals surface area contributed by atoms with Gasteiger partial charge in [-0.25, -0.2) is 0 Å².